The fraction of sp³-hybridized carbons (Fsp3) is 0.625. The van der Waals surface area contributed by atoms with Gasteiger partial charge in [-0.05, 0) is 19.8 Å². The molecule has 1 heterocycles. The molecule has 2 N–H and O–H groups in total. The van der Waals surface area contributed by atoms with Crippen LogP contribution in [-0.4, -0.2) is 10.2 Å². The first-order valence-electron chi connectivity index (χ1n) is 4.01. The molecule has 0 atom stereocenters. The number of rotatable bonds is 3. The van der Waals surface area contributed by atoms with Gasteiger partial charge in [-0.25, -0.2) is 0 Å². The van der Waals surface area contributed by atoms with Crippen molar-refractivity contribution in [3.63, 3.8) is 0 Å². The van der Waals surface area contributed by atoms with Crippen LogP contribution in [-0.2, 0) is 6.42 Å². The first kappa shape index (κ1) is 8.11. The summed E-state index contributed by atoms with van der Waals surface area (Å²) in [4.78, 5) is 10.9. The van der Waals surface area contributed by atoms with Gasteiger partial charge in [0.1, 0.15) is 0 Å². The summed E-state index contributed by atoms with van der Waals surface area (Å²) in [5, 5.41) is 5.44. The Balaban J connectivity index is 2.71. The molecular weight excluding hydrogens is 140 g/mol. The number of aromatic amines is 2. The molecule has 3 heteroatoms. The maximum atomic E-state index is 10.9. The average Bonchev–Trinajstić information content (AvgIpc) is 2.31. The number of aromatic nitrogens is 2. The van der Waals surface area contributed by atoms with Gasteiger partial charge in [0, 0.05) is 11.3 Å². The number of unbranched alkanes of at least 4 members (excludes halogenated alkanes) is 1. The largest absolute Gasteiger partial charge is 0.302 e. The Kier molecular flexibility index (Phi) is 2.52. The van der Waals surface area contributed by atoms with Gasteiger partial charge < -0.3 is 5.10 Å². The van der Waals surface area contributed by atoms with Crippen LogP contribution in [0.5, 0.6) is 0 Å². The number of nitrogens with one attached hydrogen (secondary N) is 2. The van der Waals surface area contributed by atoms with E-state index < -0.39 is 0 Å². The van der Waals surface area contributed by atoms with Gasteiger partial charge in [0.25, 0.3) is 5.56 Å². The summed E-state index contributed by atoms with van der Waals surface area (Å²) in [5.41, 5.74) is 1.89. The molecule has 0 bridgehead atoms. The topological polar surface area (TPSA) is 48.6 Å². The fourth-order valence-corrected chi connectivity index (χ4v) is 1.06. The van der Waals surface area contributed by atoms with Gasteiger partial charge in [-0.1, -0.05) is 13.3 Å². The summed E-state index contributed by atoms with van der Waals surface area (Å²) in [7, 11) is 0. The van der Waals surface area contributed by atoms with E-state index in [4.69, 9.17) is 0 Å². The molecule has 1 aromatic rings. The highest BCUT2D eigenvalue weighted by Crippen LogP contribution is 2.02. The van der Waals surface area contributed by atoms with E-state index in [0.29, 0.717) is 0 Å². The molecule has 11 heavy (non-hydrogen) atoms. The predicted octanol–water partition coefficient (Wildman–Crippen LogP) is 1.35. The van der Waals surface area contributed by atoms with Gasteiger partial charge in [-0.3, -0.25) is 9.89 Å². The fourth-order valence-electron chi connectivity index (χ4n) is 1.06. The maximum absolute atomic E-state index is 10.9. The Morgan fingerprint density at radius 1 is 1.36 bits per heavy atom. The minimum absolute atomic E-state index is 0.0103. The van der Waals surface area contributed by atoms with Crippen molar-refractivity contribution < 1.29 is 0 Å². The van der Waals surface area contributed by atoms with Crippen molar-refractivity contribution >= 4 is 0 Å². The molecule has 0 fully saturated rings. The minimum atomic E-state index is 0.0103. The van der Waals surface area contributed by atoms with E-state index in [1.807, 2.05) is 6.92 Å². The zero-order valence-electron chi connectivity index (χ0n) is 7.03. The van der Waals surface area contributed by atoms with Gasteiger partial charge in [0.05, 0.1) is 0 Å². The van der Waals surface area contributed by atoms with Crippen molar-refractivity contribution in [3.05, 3.63) is 21.6 Å². The van der Waals surface area contributed by atoms with Crippen molar-refractivity contribution in [2.24, 2.45) is 0 Å². The summed E-state index contributed by atoms with van der Waals surface area (Å²) < 4.78 is 0. The second-order valence-corrected chi connectivity index (χ2v) is 2.79. The molecule has 62 valence electrons. The summed E-state index contributed by atoms with van der Waals surface area (Å²) >= 11 is 0. The first-order chi connectivity index (χ1) is 5.25. The van der Waals surface area contributed by atoms with Gasteiger partial charge >= 0.3 is 0 Å². The molecule has 0 spiro atoms. The average molecular weight is 154 g/mol. The van der Waals surface area contributed by atoms with Crippen LogP contribution < -0.4 is 5.56 Å². The van der Waals surface area contributed by atoms with Crippen molar-refractivity contribution in [2.45, 2.75) is 33.1 Å². The smallest absolute Gasteiger partial charge is 0.267 e. The molecule has 3 nitrogen and oxygen atoms in total. The molecule has 0 unspecified atom stereocenters. The zero-order valence-corrected chi connectivity index (χ0v) is 7.03. The highest BCUT2D eigenvalue weighted by atomic mass is 16.1. The second kappa shape index (κ2) is 3.42. The Labute approximate surface area is 65.8 Å². The summed E-state index contributed by atoms with van der Waals surface area (Å²) in [5.74, 6) is 0. The standard InChI is InChI=1S/C8H14N2O/c1-3-4-5-7-6(2)8(11)10-9-7/h3-5H2,1-2H3,(H2,9,10,11). The van der Waals surface area contributed by atoms with Crippen molar-refractivity contribution in [1.29, 1.82) is 0 Å². The normalized spacial score (nSPS) is 10.4. The van der Waals surface area contributed by atoms with Crippen molar-refractivity contribution in [2.75, 3.05) is 0 Å². The van der Waals surface area contributed by atoms with E-state index in [-0.39, 0.29) is 5.56 Å². The van der Waals surface area contributed by atoms with Crippen LogP contribution in [0.4, 0.5) is 0 Å². The lowest BCUT2D eigenvalue weighted by Gasteiger charge is -1.94. The van der Waals surface area contributed by atoms with Crippen LogP contribution in [0.15, 0.2) is 4.79 Å². The number of hydrogen-bond donors (Lipinski definition) is 2. The molecule has 0 amide bonds. The van der Waals surface area contributed by atoms with E-state index in [9.17, 15) is 4.79 Å². The van der Waals surface area contributed by atoms with Gasteiger partial charge in [0.15, 0.2) is 0 Å². The van der Waals surface area contributed by atoms with E-state index in [0.717, 1.165) is 30.5 Å². The lowest BCUT2D eigenvalue weighted by molar-refractivity contribution is 0.768. The molecule has 1 aromatic heterocycles. The highest BCUT2D eigenvalue weighted by molar-refractivity contribution is 5.13. The maximum Gasteiger partial charge on any atom is 0.267 e. The molecule has 0 aromatic carbocycles. The zero-order chi connectivity index (χ0) is 8.27. The Morgan fingerprint density at radius 2 is 2.09 bits per heavy atom. The third-order valence-corrected chi connectivity index (χ3v) is 1.90. The molecule has 0 aliphatic heterocycles. The van der Waals surface area contributed by atoms with E-state index in [2.05, 4.69) is 17.1 Å². The van der Waals surface area contributed by atoms with Crippen LogP contribution in [0.2, 0.25) is 0 Å². The molecule has 1 rings (SSSR count). The van der Waals surface area contributed by atoms with Crippen LogP contribution >= 0.6 is 0 Å². The lowest BCUT2D eigenvalue weighted by Crippen LogP contribution is -2.01. The van der Waals surface area contributed by atoms with Crippen LogP contribution in [0.1, 0.15) is 31.0 Å². The third-order valence-electron chi connectivity index (χ3n) is 1.90. The quantitative estimate of drug-likeness (QED) is 0.678. The monoisotopic (exact) mass is 154 g/mol. The van der Waals surface area contributed by atoms with E-state index in [1.54, 1.807) is 0 Å². The molecule has 0 saturated carbocycles. The third kappa shape index (κ3) is 1.73. The van der Waals surface area contributed by atoms with Gasteiger partial charge in [0.2, 0.25) is 0 Å². The predicted molar refractivity (Wildman–Crippen MR) is 44.8 cm³/mol. The second-order valence-electron chi connectivity index (χ2n) is 2.79. The SMILES string of the molecule is CCCCc1[nH][nH]c(=O)c1C. The molecule has 0 aliphatic rings. The van der Waals surface area contributed by atoms with E-state index in [1.165, 1.54) is 0 Å². The lowest BCUT2D eigenvalue weighted by atomic mass is 10.1. The van der Waals surface area contributed by atoms with Crippen LogP contribution in [0.3, 0.4) is 0 Å². The molecular formula is C8H14N2O. The Bertz CT molecular complexity index is 272. The summed E-state index contributed by atoms with van der Waals surface area (Å²) in [6.07, 6.45) is 3.27. The van der Waals surface area contributed by atoms with Crippen LogP contribution in [0.25, 0.3) is 0 Å². The van der Waals surface area contributed by atoms with E-state index >= 15 is 0 Å². The number of H-pyrrole nitrogens is 2. The highest BCUT2D eigenvalue weighted by Gasteiger charge is 2.02. The van der Waals surface area contributed by atoms with Crippen molar-refractivity contribution in [1.82, 2.24) is 10.2 Å². The number of aryl methyl sites for hydroxylation is 1. The van der Waals surface area contributed by atoms with Crippen LogP contribution in [0, 0.1) is 6.92 Å². The Hall–Kier alpha value is -0.990. The molecule has 0 aliphatic carbocycles. The first-order valence-corrected chi connectivity index (χ1v) is 4.01. The molecule has 0 radical (unpaired) electrons. The summed E-state index contributed by atoms with van der Waals surface area (Å²) in [6.45, 7) is 3.99. The molecule has 0 saturated heterocycles. The van der Waals surface area contributed by atoms with Gasteiger partial charge in [-0.15, -0.1) is 0 Å². The number of hydrogen-bond acceptors (Lipinski definition) is 1. The summed E-state index contributed by atoms with van der Waals surface area (Å²) in [6, 6.07) is 0. The van der Waals surface area contributed by atoms with Crippen molar-refractivity contribution in [3.8, 4) is 0 Å². The Morgan fingerprint density at radius 3 is 2.55 bits per heavy atom. The minimum Gasteiger partial charge on any atom is -0.302 e. The van der Waals surface area contributed by atoms with Gasteiger partial charge in [-0.2, -0.15) is 0 Å².